The van der Waals surface area contributed by atoms with E-state index in [2.05, 4.69) is 12.2 Å². The predicted molar refractivity (Wildman–Crippen MR) is 60.4 cm³/mol. The summed E-state index contributed by atoms with van der Waals surface area (Å²) in [4.78, 5) is 0. The summed E-state index contributed by atoms with van der Waals surface area (Å²) in [6.07, 6.45) is 1.96. The van der Waals surface area contributed by atoms with Crippen LogP contribution in [0.3, 0.4) is 0 Å². The predicted octanol–water partition coefficient (Wildman–Crippen LogP) is 2.15. The maximum Gasteiger partial charge on any atom is 0.123 e. The van der Waals surface area contributed by atoms with Crippen LogP contribution in [0.5, 0.6) is 0 Å². The third-order valence-corrected chi connectivity index (χ3v) is 2.98. The maximum atomic E-state index is 13.0. The van der Waals surface area contributed by atoms with E-state index in [4.69, 9.17) is 5.73 Å². The minimum Gasteiger partial charge on any atom is -0.382 e. The van der Waals surface area contributed by atoms with Crippen LogP contribution in [0.15, 0.2) is 18.2 Å². The van der Waals surface area contributed by atoms with Crippen molar-refractivity contribution in [2.45, 2.75) is 25.8 Å². The standard InChI is InChI=1S/C12H17FN2/c1-8(7-14)4-11-6-9-5-10(13)2-3-12(9)15-11/h2-3,5,8,11,15H,4,6-7,14H2,1H3. The van der Waals surface area contributed by atoms with E-state index in [-0.39, 0.29) is 5.82 Å². The average molecular weight is 208 g/mol. The van der Waals surface area contributed by atoms with Gasteiger partial charge in [0.25, 0.3) is 0 Å². The van der Waals surface area contributed by atoms with E-state index in [0.29, 0.717) is 18.5 Å². The van der Waals surface area contributed by atoms with Gasteiger partial charge in [-0.15, -0.1) is 0 Å². The zero-order valence-electron chi connectivity index (χ0n) is 8.96. The normalized spacial score (nSPS) is 20.9. The van der Waals surface area contributed by atoms with E-state index in [1.807, 2.05) is 6.07 Å². The van der Waals surface area contributed by atoms with Gasteiger partial charge in [0.15, 0.2) is 0 Å². The number of nitrogens with two attached hydrogens (primary N) is 1. The largest absolute Gasteiger partial charge is 0.382 e. The Bertz CT molecular complexity index is 351. The molecule has 0 fully saturated rings. The number of benzene rings is 1. The van der Waals surface area contributed by atoms with Crippen molar-refractivity contribution in [3.05, 3.63) is 29.6 Å². The molecule has 2 nitrogen and oxygen atoms in total. The average Bonchev–Trinajstić information content (AvgIpc) is 2.59. The van der Waals surface area contributed by atoms with Gasteiger partial charge in [0.1, 0.15) is 5.82 Å². The van der Waals surface area contributed by atoms with Gasteiger partial charge in [-0.3, -0.25) is 0 Å². The monoisotopic (exact) mass is 208 g/mol. The van der Waals surface area contributed by atoms with E-state index >= 15 is 0 Å². The number of hydrogen-bond acceptors (Lipinski definition) is 2. The molecule has 0 saturated heterocycles. The maximum absolute atomic E-state index is 13.0. The van der Waals surface area contributed by atoms with Crippen molar-refractivity contribution in [1.82, 2.24) is 0 Å². The van der Waals surface area contributed by atoms with Crippen molar-refractivity contribution >= 4 is 5.69 Å². The van der Waals surface area contributed by atoms with Crippen LogP contribution in [-0.4, -0.2) is 12.6 Å². The van der Waals surface area contributed by atoms with E-state index in [1.54, 1.807) is 6.07 Å². The van der Waals surface area contributed by atoms with Gasteiger partial charge in [-0.25, -0.2) is 4.39 Å². The molecule has 2 rings (SSSR count). The lowest BCUT2D eigenvalue weighted by Gasteiger charge is -2.15. The second-order valence-corrected chi connectivity index (χ2v) is 4.42. The zero-order chi connectivity index (χ0) is 10.8. The first-order valence-electron chi connectivity index (χ1n) is 5.44. The van der Waals surface area contributed by atoms with Crippen molar-refractivity contribution in [3.8, 4) is 0 Å². The summed E-state index contributed by atoms with van der Waals surface area (Å²) in [5.41, 5.74) is 7.75. The number of hydrogen-bond donors (Lipinski definition) is 2. The van der Waals surface area contributed by atoms with Gasteiger partial charge in [0.2, 0.25) is 0 Å². The Balaban J connectivity index is 2.03. The number of nitrogens with one attached hydrogen (secondary N) is 1. The van der Waals surface area contributed by atoms with Crippen molar-refractivity contribution in [3.63, 3.8) is 0 Å². The van der Waals surface area contributed by atoms with E-state index in [0.717, 1.165) is 24.1 Å². The summed E-state index contributed by atoms with van der Waals surface area (Å²) in [5.74, 6) is 0.365. The third kappa shape index (κ3) is 2.29. The first-order chi connectivity index (χ1) is 7.19. The fourth-order valence-electron chi connectivity index (χ4n) is 2.13. The molecule has 1 heterocycles. The van der Waals surface area contributed by atoms with Gasteiger partial charge < -0.3 is 11.1 Å². The van der Waals surface area contributed by atoms with Crippen LogP contribution in [0.1, 0.15) is 18.9 Å². The highest BCUT2D eigenvalue weighted by Crippen LogP contribution is 2.28. The van der Waals surface area contributed by atoms with Gasteiger partial charge in [-0.1, -0.05) is 6.92 Å². The molecule has 0 saturated carbocycles. The Kier molecular flexibility index (Phi) is 2.91. The molecule has 2 atom stereocenters. The minimum absolute atomic E-state index is 0.150. The van der Waals surface area contributed by atoms with E-state index in [1.165, 1.54) is 6.07 Å². The molecular weight excluding hydrogens is 191 g/mol. The molecule has 3 N–H and O–H groups in total. The molecule has 82 valence electrons. The quantitative estimate of drug-likeness (QED) is 0.798. The Morgan fingerprint density at radius 1 is 1.60 bits per heavy atom. The molecule has 3 heteroatoms. The smallest absolute Gasteiger partial charge is 0.123 e. The molecular formula is C12H17FN2. The van der Waals surface area contributed by atoms with Gasteiger partial charge >= 0.3 is 0 Å². The van der Waals surface area contributed by atoms with Crippen LogP contribution in [0.4, 0.5) is 10.1 Å². The Labute approximate surface area is 89.7 Å². The molecule has 1 aliphatic rings. The fraction of sp³-hybridized carbons (Fsp3) is 0.500. The van der Waals surface area contributed by atoms with Crippen LogP contribution in [0.2, 0.25) is 0 Å². The summed E-state index contributed by atoms with van der Waals surface area (Å²) >= 11 is 0. The molecule has 1 aromatic carbocycles. The summed E-state index contributed by atoms with van der Waals surface area (Å²) in [6, 6.07) is 5.36. The molecule has 0 aromatic heterocycles. The van der Waals surface area contributed by atoms with Crippen molar-refractivity contribution in [2.24, 2.45) is 11.7 Å². The zero-order valence-corrected chi connectivity index (χ0v) is 8.96. The molecule has 1 aliphatic heterocycles. The van der Waals surface area contributed by atoms with Crippen LogP contribution >= 0.6 is 0 Å². The molecule has 1 aromatic rings. The van der Waals surface area contributed by atoms with Crippen molar-refractivity contribution < 1.29 is 4.39 Å². The van der Waals surface area contributed by atoms with Gasteiger partial charge in [-0.05, 0) is 49.1 Å². The van der Waals surface area contributed by atoms with Crippen LogP contribution in [0.25, 0.3) is 0 Å². The molecule has 0 amide bonds. The Hall–Kier alpha value is -1.09. The lowest BCUT2D eigenvalue weighted by Crippen LogP contribution is -2.22. The Morgan fingerprint density at radius 2 is 2.40 bits per heavy atom. The highest BCUT2D eigenvalue weighted by molar-refractivity contribution is 5.56. The first-order valence-corrected chi connectivity index (χ1v) is 5.44. The SMILES string of the molecule is CC(CN)CC1Cc2cc(F)ccc2N1. The summed E-state index contributed by atoms with van der Waals surface area (Å²) in [6.45, 7) is 2.86. The summed E-state index contributed by atoms with van der Waals surface area (Å²) in [5, 5.41) is 3.40. The molecule has 15 heavy (non-hydrogen) atoms. The molecule has 0 bridgehead atoms. The molecule has 2 unspecified atom stereocenters. The number of fused-ring (bicyclic) bond motifs is 1. The van der Waals surface area contributed by atoms with Gasteiger partial charge in [0.05, 0.1) is 0 Å². The second kappa shape index (κ2) is 4.19. The number of halogens is 1. The number of rotatable bonds is 3. The Morgan fingerprint density at radius 3 is 3.13 bits per heavy atom. The summed E-state index contributed by atoms with van der Waals surface area (Å²) in [7, 11) is 0. The molecule has 0 spiro atoms. The fourth-order valence-corrected chi connectivity index (χ4v) is 2.13. The molecule has 0 aliphatic carbocycles. The van der Waals surface area contributed by atoms with E-state index < -0.39 is 0 Å². The lowest BCUT2D eigenvalue weighted by atomic mass is 9.99. The van der Waals surface area contributed by atoms with Crippen molar-refractivity contribution in [1.29, 1.82) is 0 Å². The highest BCUT2D eigenvalue weighted by atomic mass is 19.1. The third-order valence-electron chi connectivity index (χ3n) is 2.98. The van der Waals surface area contributed by atoms with Crippen LogP contribution in [-0.2, 0) is 6.42 Å². The highest BCUT2D eigenvalue weighted by Gasteiger charge is 2.21. The van der Waals surface area contributed by atoms with Gasteiger partial charge in [0, 0.05) is 11.7 Å². The second-order valence-electron chi connectivity index (χ2n) is 4.42. The lowest BCUT2D eigenvalue weighted by molar-refractivity contribution is 0.496. The van der Waals surface area contributed by atoms with Crippen LogP contribution in [0, 0.1) is 11.7 Å². The van der Waals surface area contributed by atoms with Gasteiger partial charge in [-0.2, -0.15) is 0 Å². The van der Waals surface area contributed by atoms with Crippen LogP contribution < -0.4 is 11.1 Å². The molecule has 0 radical (unpaired) electrons. The topological polar surface area (TPSA) is 38.0 Å². The number of anilines is 1. The minimum atomic E-state index is -0.150. The first kappa shape index (κ1) is 10.4. The summed E-state index contributed by atoms with van der Waals surface area (Å²) < 4.78 is 13.0. The van der Waals surface area contributed by atoms with E-state index in [9.17, 15) is 4.39 Å². The van der Waals surface area contributed by atoms with Crippen molar-refractivity contribution in [2.75, 3.05) is 11.9 Å².